The molecule has 0 spiro atoms. The van der Waals surface area contributed by atoms with Crippen molar-refractivity contribution in [3.63, 3.8) is 0 Å². The molecule has 0 saturated heterocycles. The molecule has 0 radical (unpaired) electrons. The van der Waals surface area contributed by atoms with E-state index in [1.807, 2.05) is 13.0 Å². The molecule has 0 heterocycles. The van der Waals surface area contributed by atoms with E-state index >= 15 is 0 Å². The van der Waals surface area contributed by atoms with Gasteiger partial charge in [-0.1, -0.05) is 13.8 Å². The molecule has 0 saturated carbocycles. The van der Waals surface area contributed by atoms with Gasteiger partial charge in [0, 0.05) is 0 Å². The summed E-state index contributed by atoms with van der Waals surface area (Å²) in [6.45, 7) is 6.57. The minimum Gasteiger partial charge on any atom is -0.504 e. The number of rotatable bonds is 4. The van der Waals surface area contributed by atoms with E-state index in [2.05, 4.69) is 13.8 Å². The van der Waals surface area contributed by atoms with Crippen LogP contribution in [0.15, 0.2) is 12.1 Å². The van der Waals surface area contributed by atoms with Crippen LogP contribution < -0.4 is 9.47 Å². The quantitative estimate of drug-likeness (QED) is 0.830. The van der Waals surface area contributed by atoms with Gasteiger partial charge < -0.3 is 14.6 Å². The zero-order valence-corrected chi connectivity index (χ0v) is 9.70. The zero-order valence-electron chi connectivity index (χ0n) is 9.70. The average molecular weight is 210 g/mol. The number of ether oxygens (including phenoxy) is 2. The smallest absolute Gasteiger partial charge is 0.203 e. The summed E-state index contributed by atoms with van der Waals surface area (Å²) in [7, 11) is 1.57. The van der Waals surface area contributed by atoms with Gasteiger partial charge in [-0.05, 0) is 30.5 Å². The fourth-order valence-corrected chi connectivity index (χ4v) is 1.27. The summed E-state index contributed by atoms with van der Waals surface area (Å²) in [5, 5.41) is 9.71. The van der Waals surface area contributed by atoms with Gasteiger partial charge >= 0.3 is 0 Å². The molecular weight excluding hydrogens is 192 g/mol. The van der Waals surface area contributed by atoms with Crippen molar-refractivity contribution in [3.05, 3.63) is 17.7 Å². The van der Waals surface area contributed by atoms with Crippen molar-refractivity contribution in [2.45, 2.75) is 20.8 Å². The molecule has 0 amide bonds. The third-order valence-electron chi connectivity index (χ3n) is 1.96. The minimum absolute atomic E-state index is 0.132. The molecule has 0 aliphatic carbocycles. The molecule has 0 aromatic heterocycles. The van der Waals surface area contributed by atoms with Gasteiger partial charge in [0.2, 0.25) is 5.75 Å². The van der Waals surface area contributed by atoms with Crippen LogP contribution in [-0.2, 0) is 0 Å². The number of hydrogen-bond donors (Lipinski definition) is 1. The summed E-state index contributed by atoms with van der Waals surface area (Å²) >= 11 is 0. The average Bonchev–Trinajstić information content (AvgIpc) is 2.14. The van der Waals surface area contributed by atoms with Crippen molar-refractivity contribution in [2.75, 3.05) is 13.7 Å². The molecule has 1 N–H and O–H groups in total. The lowest BCUT2D eigenvalue weighted by Gasteiger charge is -2.14. The maximum Gasteiger partial charge on any atom is 0.203 e. The topological polar surface area (TPSA) is 38.7 Å². The highest BCUT2D eigenvalue weighted by atomic mass is 16.5. The highest BCUT2D eigenvalue weighted by Crippen LogP contribution is 2.37. The van der Waals surface area contributed by atoms with Gasteiger partial charge in [-0.15, -0.1) is 0 Å². The fourth-order valence-electron chi connectivity index (χ4n) is 1.27. The molecule has 1 aromatic carbocycles. The summed E-state index contributed by atoms with van der Waals surface area (Å²) in [5.74, 6) is 1.55. The highest BCUT2D eigenvalue weighted by molar-refractivity contribution is 5.52. The molecule has 84 valence electrons. The lowest BCUT2D eigenvalue weighted by atomic mass is 10.2. The van der Waals surface area contributed by atoms with Crippen LogP contribution in [0.4, 0.5) is 0 Å². The second-order valence-corrected chi connectivity index (χ2v) is 4.02. The summed E-state index contributed by atoms with van der Waals surface area (Å²) in [6.07, 6.45) is 0. The monoisotopic (exact) mass is 210 g/mol. The predicted octanol–water partition coefficient (Wildman–Crippen LogP) is 2.74. The minimum atomic E-state index is 0.132. The highest BCUT2D eigenvalue weighted by Gasteiger charge is 2.11. The van der Waals surface area contributed by atoms with Crippen molar-refractivity contribution in [1.29, 1.82) is 0 Å². The molecule has 0 aliphatic heterocycles. The summed E-state index contributed by atoms with van der Waals surface area (Å²) in [5.41, 5.74) is 0.946. The van der Waals surface area contributed by atoms with E-state index in [4.69, 9.17) is 9.47 Å². The summed E-state index contributed by atoms with van der Waals surface area (Å²) in [6, 6.07) is 3.51. The summed E-state index contributed by atoms with van der Waals surface area (Å²) < 4.78 is 10.7. The van der Waals surface area contributed by atoms with Gasteiger partial charge in [-0.3, -0.25) is 0 Å². The van der Waals surface area contributed by atoms with Gasteiger partial charge in [0.25, 0.3) is 0 Å². The van der Waals surface area contributed by atoms with Gasteiger partial charge in [0.1, 0.15) is 0 Å². The molecule has 15 heavy (non-hydrogen) atoms. The second-order valence-electron chi connectivity index (χ2n) is 4.02. The summed E-state index contributed by atoms with van der Waals surface area (Å²) in [4.78, 5) is 0. The lowest BCUT2D eigenvalue weighted by molar-refractivity contribution is 0.245. The van der Waals surface area contributed by atoms with E-state index in [0.29, 0.717) is 24.0 Å². The van der Waals surface area contributed by atoms with Crippen LogP contribution in [0.25, 0.3) is 0 Å². The third-order valence-corrected chi connectivity index (χ3v) is 1.96. The molecule has 3 heteroatoms. The molecule has 3 nitrogen and oxygen atoms in total. The number of aromatic hydroxyl groups is 1. The molecule has 1 rings (SSSR count). The van der Waals surface area contributed by atoms with Crippen LogP contribution in [0.2, 0.25) is 0 Å². The molecule has 0 unspecified atom stereocenters. The first-order valence-electron chi connectivity index (χ1n) is 5.05. The number of phenolic OH excluding ortho intramolecular Hbond substituents is 1. The number of methoxy groups -OCH3 is 1. The van der Waals surface area contributed by atoms with Gasteiger partial charge in [0.15, 0.2) is 11.5 Å². The normalized spacial score (nSPS) is 10.5. The SMILES string of the molecule is COc1cc(C)cc(O)c1OCC(C)C. The van der Waals surface area contributed by atoms with E-state index in [1.165, 1.54) is 0 Å². The molecule has 0 bridgehead atoms. The maximum atomic E-state index is 9.71. The zero-order chi connectivity index (χ0) is 11.4. The van der Waals surface area contributed by atoms with Gasteiger partial charge in [0.05, 0.1) is 13.7 Å². The van der Waals surface area contributed by atoms with Crippen molar-refractivity contribution in [3.8, 4) is 17.2 Å². The Hall–Kier alpha value is -1.38. The Morgan fingerprint density at radius 3 is 2.53 bits per heavy atom. The Bertz CT molecular complexity index is 332. The molecule has 0 aliphatic rings. The first-order chi connectivity index (χ1) is 7.04. The van der Waals surface area contributed by atoms with E-state index in [9.17, 15) is 5.11 Å². The third kappa shape index (κ3) is 3.05. The van der Waals surface area contributed by atoms with Crippen molar-refractivity contribution in [2.24, 2.45) is 5.92 Å². The Kier molecular flexibility index (Phi) is 3.83. The first-order valence-corrected chi connectivity index (χ1v) is 5.05. The van der Waals surface area contributed by atoms with Crippen LogP contribution in [0.3, 0.4) is 0 Å². The lowest BCUT2D eigenvalue weighted by Crippen LogP contribution is -2.05. The largest absolute Gasteiger partial charge is 0.504 e. The number of hydrogen-bond acceptors (Lipinski definition) is 3. The molecule has 1 aromatic rings. The van der Waals surface area contributed by atoms with E-state index < -0.39 is 0 Å². The van der Waals surface area contributed by atoms with E-state index in [0.717, 1.165) is 5.56 Å². The van der Waals surface area contributed by atoms with Crippen LogP contribution in [0, 0.1) is 12.8 Å². The Morgan fingerprint density at radius 1 is 1.33 bits per heavy atom. The van der Waals surface area contributed by atoms with Crippen LogP contribution in [0.5, 0.6) is 17.2 Å². The molecular formula is C12H18O3. The number of phenols is 1. The fraction of sp³-hybridized carbons (Fsp3) is 0.500. The van der Waals surface area contributed by atoms with Crippen molar-refractivity contribution >= 4 is 0 Å². The van der Waals surface area contributed by atoms with Crippen molar-refractivity contribution < 1.29 is 14.6 Å². The second kappa shape index (κ2) is 4.91. The van der Waals surface area contributed by atoms with Crippen molar-refractivity contribution in [1.82, 2.24) is 0 Å². The Morgan fingerprint density at radius 2 is 2.00 bits per heavy atom. The molecule has 0 atom stereocenters. The predicted molar refractivity (Wildman–Crippen MR) is 59.7 cm³/mol. The Balaban J connectivity index is 2.93. The first kappa shape index (κ1) is 11.7. The van der Waals surface area contributed by atoms with Crippen LogP contribution >= 0.6 is 0 Å². The van der Waals surface area contributed by atoms with E-state index in [-0.39, 0.29) is 5.75 Å². The maximum absolute atomic E-state index is 9.71. The Labute approximate surface area is 90.6 Å². The van der Waals surface area contributed by atoms with Gasteiger partial charge in [-0.2, -0.15) is 0 Å². The molecule has 0 fully saturated rings. The van der Waals surface area contributed by atoms with E-state index in [1.54, 1.807) is 13.2 Å². The van der Waals surface area contributed by atoms with Gasteiger partial charge in [-0.25, -0.2) is 0 Å². The van der Waals surface area contributed by atoms with Crippen LogP contribution in [-0.4, -0.2) is 18.8 Å². The standard InChI is InChI=1S/C12H18O3/c1-8(2)7-15-12-10(13)5-9(3)6-11(12)14-4/h5-6,8,13H,7H2,1-4H3. The number of aryl methyl sites for hydroxylation is 1. The number of benzene rings is 1. The van der Waals surface area contributed by atoms with Crippen LogP contribution in [0.1, 0.15) is 19.4 Å².